The number of nitrogen functional groups attached to an aromatic ring is 1. The van der Waals surface area contributed by atoms with E-state index in [9.17, 15) is 0 Å². The molecule has 4 nitrogen and oxygen atoms in total. The first-order chi connectivity index (χ1) is 8.66. The summed E-state index contributed by atoms with van der Waals surface area (Å²) < 4.78 is 0. The third-order valence-electron chi connectivity index (χ3n) is 2.83. The lowest BCUT2D eigenvalue weighted by Gasteiger charge is -2.12. The molecule has 0 unspecified atom stereocenters. The number of nitrogens with two attached hydrogens (primary N) is 1. The Morgan fingerprint density at radius 1 is 1.28 bits per heavy atom. The molecule has 0 atom stereocenters. The fourth-order valence-corrected chi connectivity index (χ4v) is 1.96. The lowest BCUT2D eigenvalue weighted by atomic mass is 10.1. The molecule has 0 saturated heterocycles. The maximum Gasteiger partial charge on any atom is 0.136 e. The third kappa shape index (κ3) is 3.11. The van der Waals surface area contributed by atoms with Crippen molar-refractivity contribution in [2.24, 2.45) is 0 Å². The summed E-state index contributed by atoms with van der Waals surface area (Å²) in [5, 5.41) is 5.61. The average molecular weight is 244 g/mol. The van der Waals surface area contributed by atoms with Gasteiger partial charge in [-0.15, -0.1) is 0 Å². The zero-order chi connectivity index (χ0) is 13.0. The minimum absolute atomic E-state index is 0.559. The zero-order valence-electron chi connectivity index (χ0n) is 11.0. The average Bonchev–Trinajstić information content (AvgIpc) is 2.34. The molecule has 4 heteroatoms. The van der Waals surface area contributed by atoms with E-state index in [0.717, 1.165) is 36.1 Å². The highest BCUT2D eigenvalue weighted by Gasteiger charge is 2.03. The highest BCUT2D eigenvalue weighted by atomic mass is 15.1. The third-order valence-corrected chi connectivity index (χ3v) is 2.83. The Hall–Kier alpha value is -1.81. The number of aromatic nitrogens is 1. The Kier molecular flexibility index (Phi) is 3.99. The Morgan fingerprint density at radius 2 is 2.06 bits per heavy atom. The van der Waals surface area contributed by atoms with Crippen LogP contribution in [0.15, 0.2) is 30.3 Å². The molecule has 0 bridgehead atoms. The zero-order valence-corrected chi connectivity index (χ0v) is 11.0. The van der Waals surface area contributed by atoms with Crippen LogP contribution in [0, 0.1) is 0 Å². The van der Waals surface area contributed by atoms with Gasteiger partial charge in [0.2, 0.25) is 0 Å². The van der Waals surface area contributed by atoms with Crippen molar-refractivity contribution in [3.63, 3.8) is 0 Å². The summed E-state index contributed by atoms with van der Waals surface area (Å²) in [5.41, 5.74) is 5.82. The van der Waals surface area contributed by atoms with Crippen molar-refractivity contribution in [2.45, 2.75) is 6.42 Å². The van der Waals surface area contributed by atoms with Gasteiger partial charge in [-0.2, -0.15) is 0 Å². The SMILES string of the molecule is CN(C)CCCNc1nc(N)cc2ccccc12. The van der Waals surface area contributed by atoms with Gasteiger partial charge in [0.25, 0.3) is 0 Å². The summed E-state index contributed by atoms with van der Waals surface area (Å²) in [6, 6.07) is 10.1. The van der Waals surface area contributed by atoms with E-state index in [4.69, 9.17) is 5.73 Å². The molecule has 1 aromatic carbocycles. The van der Waals surface area contributed by atoms with Crippen LogP contribution in [-0.2, 0) is 0 Å². The molecule has 0 saturated carbocycles. The number of rotatable bonds is 5. The van der Waals surface area contributed by atoms with Gasteiger partial charge in [-0.05, 0) is 38.5 Å². The van der Waals surface area contributed by atoms with Gasteiger partial charge in [0.1, 0.15) is 11.6 Å². The molecule has 2 rings (SSSR count). The molecule has 0 spiro atoms. The van der Waals surface area contributed by atoms with Crippen LogP contribution in [0.3, 0.4) is 0 Å². The number of nitrogens with zero attached hydrogens (tertiary/aromatic N) is 2. The molecule has 0 amide bonds. The van der Waals surface area contributed by atoms with E-state index in [-0.39, 0.29) is 0 Å². The highest BCUT2D eigenvalue weighted by Crippen LogP contribution is 2.23. The quantitative estimate of drug-likeness (QED) is 0.792. The van der Waals surface area contributed by atoms with Crippen LogP contribution >= 0.6 is 0 Å². The van der Waals surface area contributed by atoms with E-state index in [1.165, 1.54) is 0 Å². The molecule has 0 aliphatic rings. The second-order valence-corrected chi connectivity index (χ2v) is 4.70. The van der Waals surface area contributed by atoms with E-state index < -0.39 is 0 Å². The van der Waals surface area contributed by atoms with Crippen LogP contribution in [0.25, 0.3) is 10.8 Å². The maximum atomic E-state index is 5.82. The summed E-state index contributed by atoms with van der Waals surface area (Å²) in [6.45, 7) is 1.96. The topological polar surface area (TPSA) is 54.2 Å². The second kappa shape index (κ2) is 5.69. The molecule has 96 valence electrons. The van der Waals surface area contributed by atoms with Crippen molar-refractivity contribution in [1.82, 2.24) is 9.88 Å². The molecule has 18 heavy (non-hydrogen) atoms. The molecule has 0 aliphatic carbocycles. The minimum atomic E-state index is 0.559. The Labute approximate surface area is 108 Å². The lowest BCUT2D eigenvalue weighted by Crippen LogP contribution is -2.16. The summed E-state index contributed by atoms with van der Waals surface area (Å²) in [5.74, 6) is 1.44. The van der Waals surface area contributed by atoms with Crippen molar-refractivity contribution < 1.29 is 0 Å². The van der Waals surface area contributed by atoms with E-state index in [1.807, 2.05) is 18.2 Å². The number of fused-ring (bicyclic) bond motifs is 1. The summed E-state index contributed by atoms with van der Waals surface area (Å²) in [7, 11) is 4.16. The van der Waals surface area contributed by atoms with Gasteiger partial charge in [-0.25, -0.2) is 4.98 Å². The van der Waals surface area contributed by atoms with E-state index >= 15 is 0 Å². The maximum absolute atomic E-state index is 5.82. The first-order valence-electron chi connectivity index (χ1n) is 6.20. The van der Waals surface area contributed by atoms with Gasteiger partial charge in [0, 0.05) is 11.9 Å². The Morgan fingerprint density at radius 3 is 2.83 bits per heavy atom. The number of pyridine rings is 1. The molecule has 1 aromatic heterocycles. The van der Waals surface area contributed by atoms with Crippen LogP contribution in [0.5, 0.6) is 0 Å². The lowest BCUT2D eigenvalue weighted by molar-refractivity contribution is 0.405. The Balaban J connectivity index is 2.12. The standard InChI is InChI=1S/C14H20N4/c1-18(2)9-5-8-16-14-12-7-4-3-6-11(12)10-13(15)17-14/h3-4,6-7,10H,5,8-9H2,1-2H3,(H3,15,16,17). The van der Waals surface area contributed by atoms with Crippen molar-refractivity contribution in [3.05, 3.63) is 30.3 Å². The minimum Gasteiger partial charge on any atom is -0.384 e. The van der Waals surface area contributed by atoms with E-state index in [1.54, 1.807) is 0 Å². The van der Waals surface area contributed by atoms with Gasteiger partial charge in [0.05, 0.1) is 0 Å². The van der Waals surface area contributed by atoms with Gasteiger partial charge >= 0.3 is 0 Å². The first kappa shape index (κ1) is 12.6. The van der Waals surface area contributed by atoms with Crippen LogP contribution in [0.2, 0.25) is 0 Å². The van der Waals surface area contributed by atoms with E-state index in [0.29, 0.717) is 5.82 Å². The van der Waals surface area contributed by atoms with Crippen LogP contribution < -0.4 is 11.1 Å². The molecule has 0 radical (unpaired) electrons. The summed E-state index contributed by atoms with van der Waals surface area (Å²) in [6.07, 6.45) is 1.08. The molecule has 2 aromatic rings. The van der Waals surface area contributed by atoms with Crippen LogP contribution in [0.1, 0.15) is 6.42 Å². The number of nitrogens with one attached hydrogen (secondary N) is 1. The van der Waals surface area contributed by atoms with Crippen LogP contribution in [-0.4, -0.2) is 37.1 Å². The van der Waals surface area contributed by atoms with Crippen molar-refractivity contribution in [3.8, 4) is 0 Å². The predicted octanol–water partition coefficient (Wildman–Crippen LogP) is 2.18. The molecular formula is C14H20N4. The predicted molar refractivity (Wildman–Crippen MR) is 77.8 cm³/mol. The number of hydrogen-bond donors (Lipinski definition) is 2. The second-order valence-electron chi connectivity index (χ2n) is 4.70. The van der Waals surface area contributed by atoms with Gasteiger partial charge in [0.15, 0.2) is 0 Å². The molecule has 0 fully saturated rings. The number of benzene rings is 1. The monoisotopic (exact) mass is 244 g/mol. The number of anilines is 2. The van der Waals surface area contributed by atoms with Crippen molar-refractivity contribution >= 4 is 22.4 Å². The molecule has 0 aliphatic heterocycles. The summed E-state index contributed by atoms with van der Waals surface area (Å²) in [4.78, 5) is 6.54. The van der Waals surface area contributed by atoms with Gasteiger partial charge in [-0.1, -0.05) is 24.3 Å². The molecule has 3 N–H and O–H groups in total. The van der Waals surface area contributed by atoms with Crippen LogP contribution in [0.4, 0.5) is 11.6 Å². The van der Waals surface area contributed by atoms with Gasteiger partial charge in [-0.3, -0.25) is 0 Å². The summed E-state index contributed by atoms with van der Waals surface area (Å²) >= 11 is 0. The Bertz CT molecular complexity index is 522. The first-order valence-corrected chi connectivity index (χ1v) is 6.20. The number of hydrogen-bond acceptors (Lipinski definition) is 4. The van der Waals surface area contributed by atoms with Gasteiger partial charge < -0.3 is 16.0 Å². The largest absolute Gasteiger partial charge is 0.384 e. The van der Waals surface area contributed by atoms with Crippen molar-refractivity contribution in [2.75, 3.05) is 38.2 Å². The highest BCUT2D eigenvalue weighted by molar-refractivity contribution is 5.93. The smallest absolute Gasteiger partial charge is 0.136 e. The fourth-order valence-electron chi connectivity index (χ4n) is 1.96. The van der Waals surface area contributed by atoms with E-state index in [2.05, 4.69) is 41.4 Å². The molecular weight excluding hydrogens is 224 g/mol. The fraction of sp³-hybridized carbons (Fsp3) is 0.357. The van der Waals surface area contributed by atoms with Crippen molar-refractivity contribution in [1.29, 1.82) is 0 Å². The normalized spacial score (nSPS) is 11.1. The molecule has 1 heterocycles.